The summed E-state index contributed by atoms with van der Waals surface area (Å²) in [6, 6.07) is 0.486. The highest BCUT2D eigenvalue weighted by atomic mass is 16.5. The molecule has 3 saturated heterocycles. The third-order valence-electron chi connectivity index (χ3n) is 8.40. The Morgan fingerprint density at radius 1 is 1.12 bits per heavy atom. The fourth-order valence-electron chi connectivity index (χ4n) is 6.88. The molecule has 2 N–H and O–H groups in total. The van der Waals surface area contributed by atoms with Crippen LogP contribution in [0.4, 0.5) is 0 Å². The Bertz CT molecular complexity index is 696. The van der Waals surface area contributed by atoms with Gasteiger partial charge in [0, 0.05) is 17.8 Å². The molecule has 2 unspecified atom stereocenters. The van der Waals surface area contributed by atoms with Gasteiger partial charge >= 0.3 is 0 Å². The van der Waals surface area contributed by atoms with Crippen molar-refractivity contribution in [2.75, 3.05) is 13.2 Å². The van der Waals surface area contributed by atoms with Gasteiger partial charge in [0.15, 0.2) is 0 Å². The Hall–Kier alpha value is -1.14. The van der Waals surface area contributed by atoms with Crippen LogP contribution in [0.1, 0.15) is 47.0 Å². The molecule has 0 aromatic rings. The van der Waals surface area contributed by atoms with Gasteiger partial charge in [-0.05, 0) is 56.3 Å². The molecule has 6 nitrogen and oxygen atoms in total. The number of fused-ring (bicyclic) bond motifs is 8. The van der Waals surface area contributed by atoms with Crippen LogP contribution >= 0.6 is 0 Å². The van der Waals surface area contributed by atoms with Gasteiger partial charge in [-0.15, -0.1) is 0 Å². The summed E-state index contributed by atoms with van der Waals surface area (Å²) in [5, 5.41) is 11.7. The molecule has 4 aliphatic carbocycles. The first-order valence-corrected chi connectivity index (χ1v) is 9.76. The number of ether oxygens (including phenoxy) is 1. The molecule has 144 valence electrons. The van der Waals surface area contributed by atoms with E-state index < -0.39 is 0 Å². The highest BCUT2D eigenvalue weighted by Crippen LogP contribution is 2.80. The second-order valence-corrected chi connectivity index (χ2v) is 9.80. The molecule has 4 saturated carbocycles. The number of carbonyl (C=O) groups excluding carboxylic acids is 2. The van der Waals surface area contributed by atoms with E-state index in [1.54, 1.807) is 0 Å². The van der Waals surface area contributed by atoms with E-state index in [1.807, 2.05) is 18.7 Å². The number of piperidine rings is 2. The van der Waals surface area contributed by atoms with Gasteiger partial charge in [0.25, 0.3) is 0 Å². The van der Waals surface area contributed by atoms with Crippen LogP contribution in [0.15, 0.2) is 0 Å². The summed E-state index contributed by atoms with van der Waals surface area (Å²) in [7, 11) is 0. The van der Waals surface area contributed by atoms with Crippen molar-refractivity contribution in [3.63, 3.8) is 0 Å². The summed E-state index contributed by atoms with van der Waals surface area (Å²) in [6.45, 7) is 4.90. The number of nitrogens with zero attached hydrogens (tertiary/aromatic N) is 1. The minimum absolute atomic E-state index is 0. The molecule has 2 amide bonds. The van der Waals surface area contributed by atoms with E-state index >= 15 is 0 Å². The first kappa shape index (κ1) is 17.0. The van der Waals surface area contributed by atoms with Crippen molar-refractivity contribution >= 4 is 11.8 Å². The quantitative estimate of drug-likeness (QED) is 0.733. The lowest BCUT2D eigenvalue weighted by Crippen LogP contribution is -2.46. The molecule has 3 heterocycles. The van der Waals surface area contributed by atoms with E-state index in [0.717, 1.165) is 6.61 Å². The standard InChI is InChI=1S/C11H15NO2.C8H11NO2.CH4/c1-10(2)12-6(5-14-10)7-8(9(12)13)11(7)3-4-11;10-3-4-5-6(7(11)9-4)8(5)1-2-8;/h6-8H,3-5H2,1-2H3;4-6,10H,1-3H2,(H,9,11);1H4/t6-,7-,8?;4-,5-,6?;/m11./s1. The summed E-state index contributed by atoms with van der Waals surface area (Å²) < 4.78 is 5.70. The fourth-order valence-corrected chi connectivity index (χ4v) is 6.88. The topological polar surface area (TPSA) is 78.9 Å². The lowest BCUT2D eigenvalue weighted by Gasteiger charge is -2.31. The molecular formula is C20H30N2O4. The predicted molar refractivity (Wildman–Crippen MR) is 93.7 cm³/mol. The molecule has 0 bridgehead atoms. The number of rotatable bonds is 1. The highest BCUT2D eigenvalue weighted by molar-refractivity contribution is 5.89. The van der Waals surface area contributed by atoms with Crippen molar-refractivity contribution in [3.05, 3.63) is 0 Å². The van der Waals surface area contributed by atoms with Crippen molar-refractivity contribution in [2.24, 2.45) is 34.5 Å². The lowest BCUT2D eigenvalue weighted by atomic mass is 10.1. The number of aliphatic hydroxyl groups excluding tert-OH is 1. The predicted octanol–water partition coefficient (Wildman–Crippen LogP) is 1.13. The molecular weight excluding hydrogens is 332 g/mol. The first-order chi connectivity index (χ1) is 11.9. The second kappa shape index (κ2) is 4.64. The Kier molecular flexibility index (Phi) is 3.03. The van der Waals surface area contributed by atoms with Crippen LogP contribution in [0.5, 0.6) is 0 Å². The smallest absolute Gasteiger partial charge is 0.229 e. The van der Waals surface area contributed by atoms with Crippen molar-refractivity contribution in [3.8, 4) is 0 Å². The Morgan fingerprint density at radius 2 is 1.73 bits per heavy atom. The Balaban J connectivity index is 0.000000114. The summed E-state index contributed by atoms with van der Waals surface area (Å²) in [5.41, 5.74) is 0.517. The van der Waals surface area contributed by atoms with Crippen molar-refractivity contribution in [2.45, 2.75) is 64.8 Å². The Morgan fingerprint density at radius 3 is 2.27 bits per heavy atom. The van der Waals surface area contributed by atoms with E-state index in [2.05, 4.69) is 5.32 Å². The third kappa shape index (κ3) is 1.76. The van der Waals surface area contributed by atoms with Crippen LogP contribution in [-0.4, -0.2) is 52.8 Å². The van der Waals surface area contributed by atoms with Crippen LogP contribution in [0.2, 0.25) is 0 Å². The van der Waals surface area contributed by atoms with Gasteiger partial charge in [-0.25, -0.2) is 0 Å². The Labute approximate surface area is 154 Å². The maximum atomic E-state index is 12.1. The summed E-state index contributed by atoms with van der Waals surface area (Å²) >= 11 is 0. The van der Waals surface area contributed by atoms with Crippen LogP contribution in [0.3, 0.4) is 0 Å². The minimum atomic E-state index is -0.342. The van der Waals surface area contributed by atoms with Crippen LogP contribution in [-0.2, 0) is 14.3 Å². The lowest BCUT2D eigenvalue weighted by molar-refractivity contribution is -0.145. The maximum absolute atomic E-state index is 12.1. The summed E-state index contributed by atoms with van der Waals surface area (Å²) in [6.07, 6.45) is 5.01. The third-order valence-corrected chi connectivity index (χ3v) is 8.40. The number of nitrogens with one attached hydrogen (secondary N) is 1. The minimum Gasteiger partial charge on any atom is -0.394 e. The summed E-state index contributed by atoms with van der Waals surface area (Å²) in [5.74, 6) is 2.36. The fraction of sp³-hybridized carbons (Fsp3) is 0.900. The van der Waals surface area contributed by atoms with E-state index in [0.29, 0.717) is 40.5 Å². The average Bonchev–Trinajstić information content (AvgIpc) is 3.51. The van der Waals surface area contributed by atoms with Gasteiger partial charge in [0.05, 0.1) is 25.3 Å². The molecule has 0 aromatic carbocycles. The molecule has 0 aromatic heterocycles. The van der Waals surface area contributed by atoms with E-state index in [4.69, 9.17) is 9.84 Å². The van der Waals surface area contributed by atoms with Gasteiger partial charge in [-0.3, -0.25) is 9.59 Å². The van der Waals surface area contributed by atoms with E-state index in [-0.39, 0.29) is 37.6 Å². The maximum Gasteiger partial charge on any atom is 0.229 e. The normalized spacial score (nSPS) is 47.3. The molecule has 0 radical (unpaired) electrons. The number of hydrogen-bond donors (Lipinski definition) is 2. The molecule has 6 atom stereocenters. The van der Waals surface area contributed by atoms with Gasteiger partial charge in [0.2, 0.25) is 11.8 Å². The van der Waals surface area contributed by atoms with Crippen LogP contribution in [0, 0.1) is 34.5 Å². The molecule has 2 spiro atoms. The van der Waals surface area contributed by atoms with Gasteiger partial charge in [-0.2, -0.15) is 0 Å². The zero-order valence-corrected chi connectivity index (χ0v) is 14.8. The zero-order valence-electron chi connectivity index (χ0n) is 14.8. The monoisotopic (exact) mass is 362 g/mol. The molecule has 26 heavy (non-hydrogen) atoms. The molecule has 6 heteroatoms. The second-order valence-electron chi connectivity index (χ2n) is 9.80. The molecule has 7 aliphatic rings. The SMILES string of the molecule is C.CC1(C)OC[C@@H]2[C@@H]3C(C(=O)N21)C31CC1.O=C1N[C@H](CO)[C@@H]2C1C21CC1. The molecule has 3 aliphatic heterocycles. The molecule has 7 fully saturated rings. The van der Waals surface area contributed by atoms with Crippen molar-refractivity contribution in [1.82, 2.24) is 10.2 Å². The number of aliphatic hydroxyl groups is 1. The van der Waals surface area contributed by atoms with Gasteiger partial charge in [0.1, 0.15) is 5.72 Å². The number of amides is 2. The van der Waals surface area contributed by atoms with Crippen LogP contribution < -0.4 is 5.32 Å². The van der Waals surface area contributed by atoms with E-state index in [1.165, 1.54) is 25.7 Å². The van der Waals surface area contributed by atoms with Gasteiger partial charge < -0.3 is 20.1 Å². The average molecular weight is 362 g/mol. The number of carbonyl (C=O) groups is 2. The van der Waals surface area contributed by atoms with Crippen LogP contribution in [0.25, 0.3) is 0 Å². The van der Waals surface area contributed by atoms with Gasteiger partial charge in [-0.1, -0.05) is 7.43 Å². The van der Waals surface area contributed by atoms with Crippen molar-refractivity contribution in [1.29, 1.82) is 0 Å². The highest BCUT2D eigenvalue weighted by Gasteiger charge is 2.83. The summed E-state index contributed by atoms with van der Waals surface area (Å²) in [4.78, 5) is 25.4. The number of hydrogen-bond acceptors (Lipinski definition) is 4. The first-order valence-electron chi connectivity index (χ1n) is 9.76. The van der Waals surface area contributed by atoms with Crippen molar-refractivity contribution < 1.29 is 19.4 Å². The zero-order chi connectivity index (χ0) is 17.4. The van der Waals surface area contributed by atoms with E-state index in [9.17, 15) is 9.59 Å². The largest absolute Gasteiger partial charge is 0.394 e. The molecule has 7 rings (SSSR count).